The molecule has 0 fully saturated rings. The molecular formula is C28H32N2O2. The van der Waals surface area contributed by atoms with Crippen molar-refractivity contribution in [3.8, 4) is 0 Å². The van der Waals surface area contributed by atoms with Crippen molar-refractivity contribution >= 4 is 11.8 Å². The topological polar surface area (TPSA) is 58.2 Å². The average Bonchev–Trinajstić information content (AvgIpc) is 2.81. The minimum atomic E-state index is -0.191. The highest BCUT2D eigenvalue weighted by Crippen LogP contribution is 2.20. The standard InChI is InChI=1S/C28H32N2O2/c1-19(2)25-14-7-5-10-23(25)17-29-27(31)21-12-9-13-22(16-21)28(32)30-18-24-11-6-8-15-26(24)20(3)4/h5-16,19-20H,17-18H2,1-4H3,(H,29,31)(H,30,32). The summed E-state index contributed by atoms with van der Waals surface area (Å²) in [6.07, 6.45) is 0. The Labute approximate surface area is 191 Å². The van der Waals surface area contributed by atoms with Crippen LogP contribution in [-0.4, -0.2) is 11.8 Å². The van der Waals surface area contributed by atoms with Gasteiger partial charge in [-0.2, -0.15) is 0 Å². The smallest absolute Gasteiger partial charge is 0.251 e. The molecule has 0 aliphatic carbocycles. The van der Waals surface area contributed by atoms with E-state index < -0.39 is 0 Å². The van der Waals surface area contributed by atoms with E-state index in [1.165, 1.54) is 11.1 Å². The van der Waals surface area contributed by atoms with Crippen molar-refractivity contribution < 1.29 is 9.59 Å². The molecule has 3 aromatic rings. The van der Waals surface area contributed by atoms with Gasteiger partial charge in [-0.25, -0.2) is 0 Å². The van der Waals surface area contributed by atoms with Crippen LogP contribution in [0.1, 0.15) is 82.5 Å². The molecule has 0 atom stereocenters. The molecule has 0 aliphatic rings. The molecule has 2 N–H and O–H groups in total. The highest BCUT2D eigenvalue weighted by molar-refractivity contribution is 5.99. The molecule has 32 heavy (non-hydrogen) atoms. The number of hydrogen-bond acceptors (Lipinski definition) is 2. The van der Waals surface area contributed by atoms with E-state index in [-0.39, 0.29) is 11.8 Å². The Morgan fingerprint density at radius 2 is 1.03 bits per heavy atom. The fourth-order valence-electron chi connectivity index (χ4n) is 3.87. The second-order valence-corrected chi connectivity index (χ2v) is 8.65. The van der Waals surface area contributed by atoms with E-state index in [1.807, 2.05) is 36.4 Å². The fraction of sp³-hybridized carbons (Fsp3) is 0.286. The number of rotatable bonds is 8. The summed E-state index contributed by atoms with van der Waals surface area (Å²) in [7, 11) is 0. The van der Waals surface area contributed by atoms with E-state index in [2.05, 4.69) is 50.5 Å². The molecule has 0 aromatic heterocycles. The normalized spacial score (nSPS) is 10.9. The lowest BCUT2D eigenvalue weighted by Crippen LogP contribution is -2.26. The molecule has 0 heterocycles. The summed E-state index contributed by atoms with van der Waals surface area (Å²) in [6.45, 7) is 9.47. The molecule has 4 nitrogen and oxygen atoms in total. The Morgan fingerprint density at radius 1 is 0.625 bits per heavy atom. The van der Waals surface area contributed by atoms with Crippen LogP contribution in [0.15, 0.2) is 72.8 Å². The Morgan fingerprint density at radius 3 is 1.44 bits per heavy atom. The van der Waals surface area contributed by atoms with E-state index in [4.69, 9.17) is 0 Å². The second kappa shape index (κ2) is 10.8. The van der Waals surface area contributed by atoms with Crippen molar-refractivity contribution in [3.05, 3.63) is 106 Å². The molecule has 0 spiro atoms. The van der Waals surface area contributed by atoms with Gasteiger partial charge in [-0.15, -0.1) is 0 Å². The third kappa shape index (κ3) is 5.85. The van der Waals surface area contributed by atoms with Gasteiger partial charge in [0.05, 0.1) is 0 Å². The molecular weight excluding hydrogens is 396 g/mol. The van der Waals surface area contributed by atoms with Gasteiger partial charge in [-0.05, 0) is 52.3 Å². The third-order valence-corrected chi connectivity index (χ3v) is 5.62. The highest BCUT2D eigenvalue weighted by atomic mass is 16.2. The lowest BCUT2D eigenvalue weighted by molar-refractivity contribution is 0.0950. The van der Waals surface area contributed by atoms with Crippen molar-refractivity contribution in [1.82, 2.24) is 10.6 Å². The molecule has 0 radical (unpaired) electrons. The maximum atomic E-state index is 12.7. The molecule has 3 aromatic carbocycles. The first-order valence-electron chi connectivity index (χ1n) is 11.2. The van der Waals surface area contributed by atoms with Crippen LogP contribution in [0.3, 0.4) is 0 Å². The Hall–Kier alpha value is -3.40. The van der Waals surface area contributed by atoms with E-state index in [1.54, 1.807) is 24.3 Å². The molecule has 0 unspecified atom stereocenters. The number of amides is 2. The summed E-state index contributed by atoms with van der Waals surface area (Å²) in [5.74, 6) is 0.388. The molecule has 4 heteroatoms. The highest BCUT2D eigenvalue weighted by Gasteiger charge is 2.13. The molecule has 0 bridgehead atoms. The monoisotopic (exact) mass is 428 g/mol. The maximum Gasteiger partial charge on any atom is 0.251 e. The number of carbonyl (C=O) groups excluding carboxylic acids is 2. The summed E-state index contributed by atoms with van der Waals surface area (Å²) < 4.78 is 0. The van der Waals surface area contributed by atoms with Gasteiger partial charge in [-0.1, -0.05) is 82.3 Å². The lowest BCUT2D eigenvalue weighted by atomic mass is 9.97. The summed E-state index contributed by atoms with van der Waals surface area (Å²) in [5, 5.41) is 5.97. The number of nitrogens with one attached hydrogen (secondary N) is 2. The largest absolute Gasteiger partial charge is 0.348 e. The average molecular weight is 429 g/mol. The Bertz CT molecular complexity index is 1000. The summed E-state index contributed by atoms with van der Waals surface area (Å²) >= 11 is 0. The van der Waals surface area contributed by atoms with Crippen LogP contribution in [-0.2, 0) is 13.1 Å². The predicted octanol–water partition coefficient (Wildman–Crippen LogP) is 5.79. The van der Waals surface area contributed by atoms with Crippen LogP contribution in [0.5, 0.6) is 0 Å². The minimum absolute atomic E-state index is 0.191. The van der Waals surface area contributed by atoms with Crippen molar-refractivity contribution in [1.29, 1.82) is 0 Å². The van der Waals surface area contributed by atoms with E-state index >= 15 is 0 Å². The zero-order chi connectivity index (χ0) is 23.1. The first-order chi connectivity index (χ1) is 15.4. The fourth-order valence-corrected chi connectivity index (χ4v) is 3.87. The van der Waals surface area contributed by atoms with Crippen LogP contribution in [0.4, 0.5) is 0 Å². The van der Waals surface area contributed by atoms with Crippen molar-refractivity contribution in [2.75, 3.05) is 0 Å². The molecule has 2 amide bonds. The SMILES string of the molecule is CC(C)c1ccccc1CNC(=O)c1cccc(C(=O)NCc2ccccc2C(C)C)c1. The zero-order valence-corrected chi connectivity index (χ0v) is 19.3. The first-order valence-corrected chi connectivity index (χ1v) is 11.2. The third-order valence-electron chi connectivity index (χ3n) is 5.62. The van der Waals surface area contributed by atoms with Crippen molar-refractivity contribution in [2.24, 2.45) is 0 Å². The molecule has 0 saturated heterocycles. The number of carbonyl (C=O) groups is 2. The maximum absolute atomic E-state index is 12.7. The molecule has 3 rings (SSSR count). The van der Waals surface area contributed by atoms with Gasteiger partial charge in [0.25, 0.3) is 11.8 Å². The Kier molecular flexibility index (Phi) is 7.82. The second-order valence-electron chi connectivity index (χ2n) is 8.65. The lowest BCUT2D eigenvalue weighted by Gasteiger charge is -2.14. The van der Waals surface area contributed by atoms with Crippen LogP contribution in [0.2, 0.25) is 0 Å². The molecule has 0 aliphatic heterocycles. The first kappa shape index (κ1) is 23.3. The zero-order valence-electron chi connectivity index (χ0n) is 19.3. The van der Waals surface area contributed by atoms with E-state index in [9.17, 15) is 9.59 Å². The quantitative estimate of drug-likeness (QED) is 0.477. The molecule has 166 valence electrons. The van der Waals surface area contributed by atoms with Gasteiger partial charge in [0.2, 0.25) is 0 Å². The predicted molar refractivity (Wildman–Crippen MR) is 130 cm³/mol. The number of hydrogen-bond donors (Lipinski definition) is 2. The van der Waals surface area contributed by atoms with Crippen molar-refractivity contribution in [3.63, 3.8) is 0 Å². The number of benzene rings is 3. The van der Waals surface area contributed by atoms with E-state index in [0.717, 1.165) is 11.1 Å². The van der Waals surface area contributed by atoms with Gasteiger partial charge < -0.3 is 10.6 Å². The minimum Gasteiger partial charge on any atom is -0.348 e. The molecule has 0 saturated carbocycles. The van der Waals surface area contributed by atoms with Gasteiger partial charge >= 0.3 is 0 Å². The van der Waals surface area contributed by atoms with Gasteiger partial charge in [0.15, 0.2) is 0 Å². The van der Waals surface area contributed by atoms with Crippen LogP contribution in [0, 0.1) is 0 Å². The van der Waals surface area contributed by atoms with Gasteiger partial charge in [0.1, 0.15) is 0 Å². The van der Waals surface area contributed by atoms with Gasteiger partial charge in [-0.3, -0.25) is 9.59 Å². The van der Waals surface area contributed by atoms with Crippen LogP contribution in [0.25, 0.3) is 0 Å². The van der Waals surface area contributed by atoms with Crippen LogP contribution >= 0.6 is 0 Å². The summed E-state index contributed by atoms with van der Waals surface area (Å²) in [5.41, 5.74) is 5.61. The summed E-state index contributed by atoms with van der Waals surface area (Å²) in [4.78, 5) is 25.5. The van der Waals surface area contributed by atoms with E-state index in [0.29, 0.717) is 36.1 Å². The van der Waals surface area contributed by atoms with Crippen molar-refractivity contribution in [2.45, 2.75) is 52.6 Å². The summed E-state index contributed by atoms with van der Waals surface area (Å²) in [6, 6.07) is 23.1. The van der Waals surface area contributed by atoms with Crippen LogP contribution < -0.4 is 10.6 Å². The Balaban J connectivity index is 1.65. The van der Waals surface area contributed by atoms with Gasteiger partial charge in [0, 0.05) is 24.2 Å².